The van der Waals surface area contributed by atoms with Crippen LogP contribution in [0.15, 0.2) is 56.8 Å². The first-order valence-electron chi connectivity index (χ1n) is 8.06. The smallest absolute Gasteiger partial charge is 0.344 e. The van der Waals surface area contributed by atoms with Crippen molar-refractivity contribution in [3.63, 3.8) is 0 Å². The Kier molecular flexibility index (Phi) is 6.43. The van der Waals surface area contributed by atoms with Crippen molar-refractivity contribution in [2.24, 2.45) is 4.99 Å². The monoisotopic (exact) mass is 480 g/mol. The molecule has 0 aliphatic carbocycles. The summed E-state index contributed by atoms with van der Waals surface area (Å²) in [6, 6.07) is 12.1. The molecule has 0 radical (unpaired) electrons. The molecule has 6 nitrogen and oxygen atoms in total. The lowest BCUT2D eigenvalue weighted by atomic mass is 10.2. The second kappa shape index (κ2) is 8.81. The topological polar surface area (TPSA) is 88.0 Å². The molecule has 1 aliphatic heterocycles. The number of carbonyl (C=O) groups is 2. The molecule has 0 bridgehead atoms. The van der Waals surface area contributed by atoms with Gasteiger partial charge in [0.15, 0.2) is 11.3 Å². The van der Waals surface area contributed by atoms with E-state index in [0.29, 0.717) is 26.5 Å². The Morgan fingerprint density at radius 2 is 2.04 bits per heavy atom. The summed E-state index contributed by atoms with van der Waals surface area (Å²) in [5, 5.41) is 12.5. The van der Waals surface area contributed by atoms with Gasteiger partial charge in [-0.15, -0.1) is 0 Å². The Balaban J connectivity index is 1.73. The number of amides is 1. The number of hydrogen-bond donors (Lipinski definition) is 2. The Bertz CT molecular complexity index is 992. The van der Waals surface area contributed by atoms with Gasteiger partial charge in [-0.05, 0) is 60.7 Å². The van der Waals surface area contributed by atoms with Crippen molar-refractivity contribution in [1.29, 1.82) is 0 Å². The first-order chi connectivity index (χ1) is 13.3. The first kappa shape index (κ1) is 20.4. The number of thioether (sulfide) groups is 1. The van der Waals surface area contributed by atoms with Crippen molar-refractivity contribution >= 4 is 68.1 Å². The van der Waals surface area contributed by atoms with Gasteiger partial charge in [0.2, 0.25) is 0 Å². The van der Waals surface area contributed by atoms with Gasteiger partial charge in [-0.3, -0.25) is 4.79 Å². The zero-order valence-electron chi connectivity index (χ0n) is 14.5. The van der Waals surface area contributed by atoms with Gasteiger partial charge in [0, 0.05) is 4.47 Å². The molecule has 1 unspecified atom stereocenters. The summed E-state index contributed by atoms with van der Waals surface area (Å²) in [7, 11) is 0. The average molecular weight is 482 g/mol. The molecule has 1 fully saturated rings. The highest BCUT2D eigenvalue weighted by molar-refractivity contribution is 9.10. The molecule has 0 spiro atoms. The van der Waals surface area contributed by atoms with Crippen LogP contribution < -0.4 is 10.1 Å². The van der Waals surface area contributed by atoms with Crippen LogP contribution in [-0.4, -0.2) is 28.3 Å². The minimum atomic E-state index is -1.04. The van der Waals surface area contributed by atoms with E-state index in [2.05, 4.69) is 26.2 Å². The van der Waals surface area contributed by atoms with E-state index in [9.17, 15) is 9.59 Å². The van der Waals surface area contributed by atoms with Crippen LogP contribution in [0.2, 0.25) is 5.02 Å². The molecule has 0 saturated carbocycles. The molecule has 2 aromatic rings. The summed E-state index contributed by atoms with van der Waals surface area (Å²) in [6.07, 6.45) is 0.778. The number of aliphatic imine (C=N–C) groups is 1. The molecule has 1 heterocycles. The molecule has 9 heteroatoms. The number of aliphatic carboxylic acids is 1. The first-order valence-corrected chi connectivity index (χ1v) is 10.0. The Labute approximate surface area is 178 Å². The second-order valence-electron chi connectivity index (χ2n) is 5.74. The zero-order chi connectivity index (χ0) is 20.3. The van der Waals surface area contributed by atoms with Gasteiger partial charge < -0.3 is 15.2 Å². The summed E-state index contributed by atoms with van der Waals surface area (Å²) < 4.78 is 6.13. The highest BCUT2D eigenvalue weighted by Crippen LogP contribution is 2.32. The number of rotatable bonds is 5. The van der Waals surface area contributed by atoms with E-state index in [0.717, 1.165) is 10.0 Å². The fourth-order valence-corrected chi connectivity index (χ4v) is 3.76. The van der Waals surface area contributed by atoms with E-state index in [1.807, 2.05) is 6.07 Å². The van der Waals surface area contributed by atoms with Gasteiger partial charge in [0.1, 0.15) is 5.75 Å². The lowest BCUT2D eigenvalue weighted by Crippen LogP contribution is -2.22. The van der Waals surface area contributed by atoms with E-state index in [1.54, 1.807) is 42.5 Å². The molecule has 28 heavy (non-hydrogen) atoms. The van der Waals surface area contributed by atoms with E-state index >= 15 is 0 Å². The van der Waals surface area contributed by atoms with Crippen LogP contribution >= 0.6 is 39.3 Å². The Morgan fingerprint density at radius 3 is 2.68 bits per heavy atom. The maximum atomic E-state index is 12.2. The Morgan fingerprint density at radius 1 is 1.32 bits per heavy atom. The number of halogens is 2. The molecule has 1 atom stereocenters. The molecule has 2 aromatic carbocycles. The second-order valence-corrected chi connectivity index (χ2v) is 8.10. The fraction of sp³-hybridized carbons (Fsp3) is 0.105. The Hall–Kier alpha value is -2.29. The van der Waals surface area contributed by atoms with Crippen LogP contribution in [0.1, 0.15) is 12.5 Å². The third-order valence-electron chi connectivity index (χ3n) is 3.62. The van der Waals surface area contributed by atoms with Gasteiger partial charge in [-0.1, -0.05) is 39.7 Å². The fourth-order valence-electron chi connectivity index (χ4n) is 2.21. The molecule has 1 saturated heterocycles. The predicted molar refractivity (Wildman–Crippen MR) is 114 cm³/mol. The van der Waals surface area contributed by atoms with Gasteiger partial charge >= 0.3 is 5.97 Å². The number of benzene rings is 2. The van der Waals surface area contributed by atoms with Crippen LogP contribution in [0.3, 0.4) is 0 Å². The van der Waals surface area contributed by atoms with Gasteiger partial charge in [0.25, 0.3) is 5.91 Å². The molecule has 2 N–H and O–H groups in total. The molecule has 1 aliphatic rings. The minimum Gasteiger partial charge on any atom is -0.479 e. The standard InChI is InChI=1S/C19H14BrClN2O4S/c1-10(18(25)26)27-13-5-2-11(3-6-13)8-16-17(24)23-19(28-16)22-15-7-4-12(20)9-14(15)21/h2-10H,1H3,(H,25,26)(H,22,23,24). The average Bonchev–Trinajstić information content (AvgIpc) is 2.98. The maximum Gasteiger partial charge on any atom is 0.344 e. The number of nitrogens with zero attached hydrogens (tertiary/aromatic N) is 1. The lowest BCUT2D eigenvalue weighted by Gasteiger charge is -2.10. The van der Waals surface area contributed by atoms with Gasteiger partial charge in [-0.2, -0.15) is 0 Å². The molecule has 1 amide bonds. The van der Waals surface area contributed by atoms with Crippen LogP contribution in [-0.2, 0) is 9.59 Å². The zero-order valence-corrected chi connectivity index (χ0v) is 17.6. The minimum absolute atomic E-state index is 0.253. The van der Waals surface area contributed by atoms with Crippen LogP contribution in [0.25, 0.3) is 6.08 Å². The summed E-state index contributed by atoms with van der Waals surface area (Å²) in [5.41, 5.74) is 1.33. The number of hydrogen-bond acceptors (Lipinski definition) is 5. The molecule has 0 aromatic heterocycles. The van der Waals surface area contributed by atoms with E-state index < -0.39 is 12.1 Å². The number of nitrogens with one attached hydrogen (secondary N) is 1. The van der Waals surface area contributed by atoms with Crippen molar-refractivity contribution in [2.45, 2.75) is 13.0 Å². The maximum absolute atomic E-state index is 12.2. The molecular formula is C19H14BrClN2O4S. The van der Waals surface area contributed by atoms with Crippen LogP contribution in [0.5, 0.6) is 5.75 Å². The van der Waals surface area contributed by atoms with Crippen molar-refractivity contribution in [1.82, 2.24) is 5.32 Å². The van der Waals surface area contributed by atoms with E-state index in [4.69, 9.17) is 21.4 Å². The number of carboxylic acids is 1. The third-order valence-corrected chi connectivity index (χ3v) is 5.33. The highest BCUT2D eigenvalue weighted by Gasteiger charge is 2.24. The molecule has 144 valence electrons. The van der Waals surface area contributed by atoms with Crippen LogP contribution in [0.4, 0.5) is 5.69 Å². The number of carboxylic acid groups (broad SMARTS) is 1. The summed E-state index contributed by atoms with van der Waals surface area (Å²) in [5.74, 6) is -0.854. The quantitative estimate of drug-likeness (QED) is 0.596. The van der Waals surface area contributed by atoms with Gasteiger partial charge in [-0.25, -0.2) is 9.79 Å². The van der Waals surface area contributed by atoms with Crippen molar-refractivity contribution in [3.8, 4) is 5.75 Å². The van der Waals surface area contributed by atoms with E-state index in [-0.39, 0.29) is 5.91 Å². The normalized spacial score (nSPS) is 17.6. The van der Waals surface area contributed by atoms with Crippen molar-refractivity contribution in [2.75, 3.05) is 0 Å². The molecular weight excluding hydrogens is 468 g/mol. The number of amidine groups is 1. The number of ether oxygens (including phenoxy) is 1. The molecule has 3 rings (SSSR count). The highest BCUT2D eigenvalue weighted by atomic mass is 79.9. The SMILES string of the molecule is CC(Oc1ccc(C=C2SC(=Nc3ccc(Br)cc3Cl)NC2=O)cc1)C(=O)O. The van der Waals surface area contributed by atoms with Crippen LogP contribution in [0, 0.1) is 0 Å². The summed E-state index contributed by atoms with van der Waals surface area (Å²) in [6.45, 7) is 1.45. The van der Waals surface area contributed by atoms with Crippen molar-refractivity contribution in [3.05, 3.63) is 62.4 Å². The largest absolute Gasteiger partial charge is 0.479 e. The van der Waals surface area contributed by atoms with E-state index in [1.165, 1.54) is 18.7 Å². The van der Waals surface area contributed by atoms with Crippen molar-refractivity contribution < 1.29 is 19.4 Å². The lowest BCUT2D eigenvalue weighted by molar-refractivity contribution is -0.144. The number of carbonyl (C=O) groups excluding carboxylic acids is 1. The summed E-state index contributed by atoms with van der Waals surface area (Å²) >= 11 is 10.7. The third kappa shape index (κ3) is 5.15. The summed E-state index contributed by atoms with van der Waals surface area (Å²) in [4.78, 5) is 27.9. The predicted octanol–water partition coefficient (Wildman–Crippen LogP) is 4.85. The van der Waals surface area contributed by atoms with Gasteiger partial charge in [0.05, 0.1) is 15.6 Å².